The molecule has 35 heavy (non-hydrogen) atoms. The second kappa shape index (κ2) is 10.0. The molecule has 5 heteroatoms. The van der Waals surface area contributed by atoms with Gasteiger partial charge in [-0.1, -0.05) is 37.5 Å². The molecule has 0 aliphatic heterocycles. The fourth-order valence-electron chi connectivity index (χ4n) is 5.23. The van der Waals surface area contributed by atoms with Gasteiger partial charge in [0.2, 0.25) is 0 Å². The fourth-order valence-corrected chi connectivity index (χ4v) is 5.23. The highest BCUT2D eigenvalue weighted by molar-refractivity contribution is 5.96. The van der Waals surface area contributed by atoms with Gasteiger partial charge in [-0.3, -0.25) is 0 Å². The van der Waals surface area contributed by atoms with Crippen LogP contribution in [0.3, 0.4) is 0 Å². The first-order valence-corrected chi connectivity index (χ1v) is 12.7. The number of hydrogen-bond donors (Lipinski definition) is 2. The van der Waals surface area contributed by atoms with E-state index in [2.05, 4.69) is 59.7 Å². The second-order valence-corrected chi connectivity index (χ2v) is 9.88. The van der Waals surface area contributed by atoms with Crippen LogP contribution in [0.25, 0.3) is 0 Å². The summed E-state index contributed by atoms with van der Waals surface area (Å²) >= 11 is 0. The van der Waals surface area contributed by atoms with Gasteiger partial charge in [0.15, 0.2) is 0 Å². The van der Waals surface area contributed by atoms with E-state index >= 15 is 0 Å². The third kappa shape index (κ3) is 5.14. The van der Waals surface area contributed by atoms with Gasteiger partial charge in [0.25, 0.3) is 0 Å². The Morgan fingerprint density at radius 1 is 0.857 bits per heavy atom. The molecule has 5 rings (SSSR count). The summed E-state index contributed by atoms with van der Waals surface area (Å²) in [5.74, 6) is 0.838. The minimum Gasteiger partial charge on any atom is -0.497 e. The lowest BCUT2D eigenvalue weighted by molar-refractivity contribution is 0.0697. The number of hydrogen-bond acceptors (Lipinski definition) is 4. The maximum Gasteiger partial charge on any atom is 0.337 e. The Balaban J connectivity index is 1.46. The molecular weight excluding hydrogens is 436 g/mol. The Bertz CT molecular complexity index is 1190. The molecule has 0 amide bonds. The van der Waals surface area contributed by atoms with E-state index in [0.717, 1.165) is 17.1 Å². The van der Waals surface area contributed by atoms with Gasteiger partial charge < -0.3 is 20.1 Å². The van der Waals surface area contributed by atoms with E-state index < -0.39 is 5.97 Å². The molecule has 5 nitrogen and oxygen atoms in total. The molecule has 182 valence electrons. The van der Waals surface area contributed by atoms with Gasteiger partial charge in [-0.15, -0.1) is 0 Å². The van der Waals surface area contributed by atoms with Crippen molar-refractivity contribution >= 4 is 28.7 Å². The zero-order chi connectivity index (χ0) is 24.4. The van der Waals surface area contributed by atoms with Crippen molar-refractivity contribution in [2.24, 2.45) is 0 Å². The molecule has 0 saturated heterocycles. The molecule has 3 aromatic rings. The summed E-state index contributed by atoms with van der Waals surface area (Å²) in [5.41, 5.74) is 6.53. The Morgan fingerprint density at radius 3 is 2.17 bits per heavy atom. The van der Waals surface area contributed by atoms with Crippen LogP contribution >= 0.6 is 0 Å². The largest absolute Gasteiger partial charge is 0.497 e. The van der Waals surface area contributed by atoms with Gasteiger partial charge in [-0.25, -0.2) is 4.79 Å². The van der Waals surface area contributed by atoms with Crippen LogP contribution in [0.15, 0.2) is 60.7 Å². The van der Waals surface area contributed by atoms with Crippen LogP contribution in [0.2, 0.25) is 0 Å². The number of nitrogens with zero attached hydrogens (tertiary/aromatic N) is 1. The highest BCUT2D eigenvalue weighted by atomic mass is 16.5. The molecule has 0 unspecified atom stereocenters. The predicted molar refractivity (Wildman–Crippen MR) is 142 cm³/mol. The van der Waals surface area contributed by atoms with Crippen molar-refractivity contribution in [2.45, 2.75) is 56.8 Å². The normalized spacial score (nSPS) is 16.1. The molecule has 0 heterocycles. The summed E-state index contributed by atoms with van der Waals surface area (Å²) in [5, 5.41) is 13.2. The first kappa shape index (κ1) is 23.3. The topological polar surface area (TPSA) is 61.8 Å². The van der Waals surface area contributed by atoms with E-state index in [-0.39, 0.29) is 5.56 Å². The minimum atomic E-state index is -0.991. The molecular formula is C30H34N2O3. The molecule has 0 radical (unpaired) electrons. The first-order chi connectivity index (χ1) is 17.0. The Labute approximate surface area is 207 Å². The maximum absolute atomic E-state index is 11.9. The van der Waals surface area contributed by atoms with Gasteiger partial charge in [-0.05, 0) is 91.1 Å². The number of ether oxygens (including phenoxy) is 1. The number of carbonyl (C=O) groups is 1. The average molecular weight is 471 g/mol. The van der Waals surface area contributed by atoms with E-state index in [4.69, 9.17) is 4.74 Å². The SMILES string of the molecule is COc1ccc(Nc2ccc(C3CC3)cc2N(C)c2ccc(C3CCCCC3)cc2)c(C(=O)O)c1. The molecule has 0 bridgehead atoms. The summed E-state index contributed by atoms with van der Waals surface area (Å²) in [6.07, 6.45) is 9.07. The lowest BCUT2D eigenvalue weighted by Gasteiger charge is -2.26. The number of methoxy groups -OCH3 is 1. The molecule has 0 spiro atoms. The third-order valence-corrected chi connectivity index (χ3v) is 7.52. The summed E-state index contributed by atoms with van der Waals surface area (Å²) < 4.78 is 5.23. The zero-order valence-electron chi connectivity index (χ0n) is 20.6. The highest BCUT2D eigenvalue weighted by Gasteiger charge is 2.25. The molecule has 2 N–H and O–H groups in total. The van der Waals surface area contributed by atoms with Crippen molar-refractivity contribution in [3.05, 3.63) is 77.4 Å². The van der Waals surface area contributed by atoms with Gasteiger partial charge in [-0.2, -0.15) is 0 Å². The van der Waals surface area contributed by atoms with Crippen LogP contribution in [0.1, 0.15) is 78.3 Å². The van der Waals surface area contributed by atoms with E-state index in [1.54, 1.807) is 18.2 Å². The Kier molecular flexibility index (Phi) is 6.67. The molecule has 3 aromatic carbocycles. The molecule has 2 aliphatic rings. The summed E-state index contributed by atoms with van der Waals surface area (Å²) in [4.78, 5) is 14.1. The molecule has 2 saturated carbocycles. The molecule has 2 fully saturated rings. The predicted octanol–water partition coefficient (Wildman–Crippen LogP) is 7.83. The summed E-state index contributed by atoms with van der Waals surface area (Å²) in [6.45, 7) is 0. The van der Waals surface area contributed by atoms with Crippen molar-refractivity contribution in [1.82, 2.24) is 0 Å². The van der Waals surface area contributed by atoms with Crippen LogP contribution in [0.5, 0.6) is 5.75 Å². The van der Waals surface area contributed by atoms with Crippen LogP contribution in [0, 0.1) is 0 Å². The van der Waals surface area contributed by atoms with Crippen molar-refractivity contribution in [3.63, 3.8) is 0 Å². The smallest absolute Gasteiger partial charge is 0.337 e. The summed E-state index contributed by atoms with van der Waals surface area (Å²) in [7, 11) is 3.62. The van der Waals surface area contributed by atoms with Gasteiger partial charge in [0.05, 0.1) is 29.7 Å². The number of carboxylic acid groups (broad SMARTS) is 1. The van der Waals surface area contributed by atoms with Crippen molar-refractivity contribution in [2.75, 3.05) is 24.4 Å². The number of rotatable bonds is 8. The average Bonchev–Trinajstić information content (AvgIpc) is 3.75. The number of carboxylic acids is 1. The number of benzene rings is 3. The fraction of sp³-hybridized carbons (Fsp3) is 0.367. The van der Waals surface area contributed by atoms with Gasteiger partial charge >= 0.3 is 5.97 Å². The van der Waals surface area contributed by atoms with Crippen LogP contribution < -0.4 is 15.0 Å². The maximum atomic E-state index is 11.9. The molecule has 0 atom stereocenters. The first-order valence-electron chi connectivity index (χ1n) is 12.7. The van der Waals surface area contributed by atoms with Crippen molar-refractivity contribution in [3.8, 4) is 5.75 Å². The van der Waals surface area contributed by atoms with E-state index in [0.29, 0.717) is 23.3 Å². The quantitative estimate of drug-likeness (QED) is 0.351. The van der Waals surface area contributed by atoms with Crippen molar-refractivity contribution in [1.29, 1.82) is 0 Å². The lowest BCUT2D eigenvalue weighted by Crippen LogP contribution is -2.13. The van der Waals surface area contributed by atoms with Gasteiger partial charge in [0, 0.05) is 12.7 Å². The Morgan fingerprint density at radius 2 is 1.51 bits per heavy atom. The van der Waals surface area contributed by atoms with Crippen molar-refractivity contribution < 1.29 is 14.6 Å². The standard InChI is InChI=1S/C30H34N2O3/c1-32(24-13-10-21(11-14-24)20-6-4-3-5-7-20)29-18-23(22-8-9-22)12-16-28(29)31-27-17-15-25(35-2)19-26(27)30(33)34/h10-20,22,31H,3-9H2,1-2H3,(H,33,34). The lowest BCUT2D eigenvalue weighted by atomic mass is 9.84. The molecule has 2 aliphatic carbocycles. The van der Waals surface area contributed by atoms with Crippen LogP contribution in [-0.2, 0) is 0 Å². The number of nitrogens with one attached hydrogen (secondary N) is 1. The van der Waals surface area contributed by atoms with Crippen LogP contribution in [0.4, 0.5) is 22.7 Å². The number of aromatic carboxylic acids is 1. The molecule has 0 aromatic heterocycles. The van der Waals surface area contributed by atoms with E-state index in [1.165, 1.54) is 63.2 Å². The Hall–Kier alpha value is -3.47. The zero-order valence-corrected chi connectivity index (χ0v) is 20.6. The summed E-state index contributed by atoms with van der Waals surface area (Å²) in [6, 6.07) is 20.6. The van der Waals surface area contributed by atoms with E-state index in [1.807, 2.05) is 0 Å². The number of anilines is 4. The van der Waals surface area contributed by atoms with Gasteiger partial charge in [0.1, 0.15) is 5.75 Å². The second-order valence-electron chi connectivity index (χ2n) is 9.88. The monoisotopic (exact) mass is 470 g/mol. The minimum absolute atomic E-state index is 0.182. The van der Waals surface area contributed by atoms with E-state index in [9.17, 15) is 9.90 Å². The third-order valence-electron chi connectivity index (χ3n) is 7.52. The van der Waals surface area contributed by atoms with Crippen LogP contribution in [-0.4, -0.2) is 25.2 Å². The highest BCUT2D eigenvalue weighted by Crippen LogP contribution is 2.44.